The van der Waals surface area contributed by atoms with Crippen LogP contribution < -0.4 is 5.32 Å². The Morgan fingerprint density at radius 3 is 2.83 bits per heavy atom. The van der Waals surface area contributed by atoms with Crippen LogP contribution in [0.3, 0.4) is 0 Å². The molecule has 3 heterocycles. The maximum Gasteiger partial charge on any atom is 0.406 e. The highest BCUT2D eigenvalue weighted by Crippen LogP contribution is 2.23. The quantitative estimate of drug-likeness (QED) is 0.907. The van der Waals surface area contributed by atoms with Crippen LogP contribution in [0.15, 0.2) is 0 Å². The molecule has 0 radical (unpaired) electrons. The Labute approximate surface area is 132 Å². The molecule has 128 valence electrons. The van der Waals surface area contributed by atoms with E-state index in [0.717, 1.165) is 42.4 Å². The van der Waals surface area contributed by atoms with Gasteiger partial charge in [0.25, 0.3) is 0 Å². The van der Waals surface area contributed by atoms with Crippen molar-refractivity contribution in [2.45, 2.75) is 57.4 Å². The molecule has 1 amide bonds. The van der Waals surface area contributed by atoms with Crippen LogP contribution in [0.5, 0.6) is 0 Å². The zero-order valence-electron chi connectivity index (χ0n) is 12.9. The van der Waals surface area contributed by atoms with Gasteiger partial charge in [-0.25, -0.2) is 0 Å². The Morgan fingerprint density at radius 2 is 2.09 bits per heavy atom. The summed E-state index contributed by atoms with van der Waals surface area (Å²) in [5.41, 5.74) is 0. The van der Waals surface area contributed by atoms with Crippen molar-refractivity contribution in [1.29, 1.82) is 0 Å². The van der Waals surface area contributed by atoms with Gasteiger partial charge in [-0.2, -0.15) is 13.2 Å². The van der Waals surface area contributed by atoms with Gasteiger partial charge < -0.3 is 9.47 Å². The molecule has 0 bridgehead atoms. The van der Waals surface area contributed by atoms with Crippen molar-refractivity contribution >= 4 is 5.91 Å². The monoisotopic (exact) mass is 331 g/mol. The molecule has 0 unspecified atom stereocenters. The number of rotatable bonds is 4. The van der Waals surface area contributed by atoms with E-state index in [1.165, 1.54) is 0 Å². The molecule has 2 atom stereocenters. The minimum absolute atomic E-state index is 0.126. The second-order valence-corrected chi connectivity index (χ2v) is 6.19. The maximum absolute atomic E-state index is 12.4. The molecule has 0 aromatic carbocycles. The smallest absolute Gasteiger partial charge is 0.332 e. The third kappa shape index (κ3) is 3.49. The van der Waals surface area contributed by atoms with Gasteiger partial charge in [-0.1, -0.05) is 0 Å². The molecule has 0 spiro atoms. The summed E-state index contributed by atoms with van der Waals surface area (Å²) >= 11 is 0. The van der Waals surface area contributed by atoms with Gasteiger partial charge in [0.05, 0.1) is 12.1 Å². The van der Waals surface area contributed by atoms with E-state index >= 15 is 0 Å². The van der Waals surface area contributed by atoms with Crippen molar-refractivity contribution in [2.24, 2.45) is 0 Å². The summed E-state index contributed by atoms with van der Waals surface area (Å²) in [4.78, 5) is 13.0. The summed E-state index contributed by atoms with van der Waals surface area (Å²) in [6.45, 7) is 1.66. The van der Waals surface area contributed by atoms with E-state index in [-0.39, 0.29) is 12.6 Å². The number of hydrogen-bond acceptors (Lipinski definition) is 4. The molecule has 0 saturated carbocycles. The number of fused-ring (bicyclic) bond motifs is 1. The van der Waals surface area contributed by atoms with Crippen LogP contribution in [0.1, 0.15) is 43.9 Å². The fourth-order valence-electron chi connectivity index (χ4n) is 3.29. The summed E-state index contributed by atoms with van der Waals surface area (Å²) in [5.74, 6) is 1.20. The van der Waals surface area contributed by atoms with Gasteiger partial charge in [0.1, 0.15) is 18.2 Å². The third-order valence-corrected chi connectivity index (χ3v) is 4.39. The Kier molecular flexibility index (Phi) is 4.31. The highest BCUT2D eigenvalue weighted by Gasteiger charge is 2.40. The lowest BCUT2D eigenvalue weighted by Crippen LogP contribution is -2.42. The summed E-state index contributed by atoms with van der Waals surface area (Å²) in [7, 11) is 0. The number of amides is 1. The molecule has 0 aliphatic carbocycles. The van der Waals surface area contributed by atoms with E-state index < -0.39 is 24.7 Å². The molecule has 2 aliphatic rings. The fourth-order valence-corrected chi connectivity index (χ4v) is 3.29. The van der Waals surface area contributed by atoms with Crippen LogP contribution in [0, 0.1) is 0 Å². The maximum atomic E-state index is 12.4. The molecule has 1 fully saturated rings. The number of carbonyl (C=O) groups is 1. The lowest BCUT2D eigenvalue weighted by molar-refractivity contribution is -0.158. The largest absolute Gasteiger partial charge is 0.406 e. The van der Waals surface area contributed by atoms with Crippen molar-refractivity contribution in [2.75, 3.05) is 13.1 Å². The van der Waals surface area contributed by atoms with Crippen LogP contribution in [0.25, 0.3) is 0 Å². The molecular weight excluding hydrogens is 311 g/mol. The van der Waals surface area contributed by atoms with Crippen LogP contribution in [0.2, 0.25) is 0 Å². The lowest BCUT2D eigenvalue weighted by Gasteiger charge is -2.22. The van der Waals surface area contributed by atoms with E-state index in [2.05, 4.69) is 15.5 Å². The fraction of sp³-hybridized carbons (Fsp3) is 0.786. The molecule has 23 heavy (non-hydrogen) atoms. The van der Waals surface area contributed by atoms with Crippen LogP contribution in [-0.2, 0) is 17.8 Å². The Hall–Kier alpha value is -1.64. The second kappa shape index (κ2) is 6.10. The molecule has 1 N–H and O–H groups in total. The molecule has 9 heteroatoms. The van der Waals surface area contributed by atoms with Crippen molar-refractivity contribution in [1.82, 2.24) is 25.0 Å². The number of aryl methyl sites for hydroxylation is 1. The number of hydrogen-bond donors (Lipinski definition) is 1. The molecule has 2 aliphatic heterocycles. The number of nitrogens with zero attached hydrogens (tertiary/aromatic N) is 4. The normalized spacial score (nSPS) is 23.2. The number of aromatic nitrogens is 3. The minimum Gasteiger partial charge on any atom is -0.332 e. The number of likely N-dealkylation sites (tertiary alicyclic amines) is 1. The number of nitrogens with one attached hydrogen (secondary N) is 1. The van der Waals surface area contributed by atoms with Gasteiger partial charge in [0.15, 0.2) is 0 Å². The average molecular weight is 331 g/mol. The van der Waals surface area contributed by atoms with Crippen molar-refractivity contribution in [3.05, 3.63) is 11.6 Å². The van der Waals surface area contributed by atoms with Gasteiger partial charge in [0, 0.05) is 19.5 Å². The highest BCUT2D eigenvalue weighted by atomic mass is 19.4. The third-order valence-electron chi connectivity index (χ3n) is 4.39. The van der Waals surface area contributed by atoms with E-state index in [9.17, 15) is 18.0 Å². The molecule has 1 aromatic rings. The first kappa shape index (κ1) is 16.2. The Morgan fingerprint density at radius 1 is 1.30 bits per heavy atom. The van der Waals surface area contributed by atoms with Crippen LogP contribution >= 0.6 is 0 Å². The highest BCUT2D eigenvalue weighted by molar-refractivity contribution is 5.84. The first-order valence-electron chi connectivity index (χ1n) is 7.89. The van der Waals surface area contributed by atoms with Crippen molar-refractivity contribution in [3.8, 4) is 0 Å². The molecule has 3 rings (SSSR count). The standard InChI is InChI=1S/C14H20F3N5O/c1-9(12-20-19-11-4-2-3-6-22(11)12)18-10-5-7-21(13(10)23)8-14(15,16)17/h9-10,18H,2-8H2,1H3/t9-,10-/m1/s1. The van der Waals surface area contributed by atoms with Crippen LogP contribution in [0.4, 0.5) is 13.2 Å². The summed E-state index contributed by atoms with van der Waals surface area (Å²) in [5, 5.41) is 11.5. The molecular formula is C14H20F3N5O. The van der Waals surface area contributed by atoms with E-state index in [0.29, 0.717) is 6.42 Å². The molecule has 1 aromatic heterocycles. The number of halogens is 3. The van der Waals surface area contributed by atoms with Gasteiger partial charge in [-0.05, 0) is 26.2 Å². The molecule has 6 nitrogen and oxygen atoms in total. The predicted molar refractivity (Wildman–Crippen MR) is 75.6 cm³/mol. The zero-order chi connectivity index (χ0) is 16.6. The minimum atomic E-state index is -4.36. The summed E-state index contributed by atoms with van der Waals surface area (Å²) in [6.07, 6.45) is -0.941. The number of carbonyl (C=O) groups excluding carboxylic acids is 1. The van der Waals surface area contributed by atoms with E-state index in [1.807, 2.05) is 11.5 Å². The topological polar surface area (TPSA) is 63.1 Å². The van der Waals surface area contributed by atoms with Crippen molar-refractivity contribution in [3.63, 3.8) is 0 Å². The Bertz CT molecular complexity index is 585. The second-order valence-electron chi connectivity index (χ2n) is 6.19. The first-order chi connectivity index (χ1) is 10.8. The number of alkyl halides is 3. The SMILES string of the molecule is C[C@@H](N[C@@H]1CCN(CC(F)(F)F)C1=O)c1nnc2n1CCCC2. The van der Waals surface area contributed by atoms with E-state index in [4.69, 9.17) is 0 Å². The summed E-state index contributed by atoms with van der Waals surface area (Å²) < 4.78 is 39.4. The Balaban J connectivity index is 1.63. The zero-order valence-corrected chi connectivity index (χ0v) is 12.9. The van der Waals surface area contributed by atoms with E-state index in [1.54, 1.807) is 0 Å². The van der Waals surface area contributed by atoms with Crippen molar-refractivity contribution < 1.29 is 18.0 Å². The van der Waals surface area contributed by atoms with Crippen LogP contribution in [-0.4, -0.2) is 50.9 Å². The average Bonchev–Trinajstić information content (AvgIpc) is 3.04. The van der Waals surface area contributed by atoms with Gasteiger partial charge in [0.2, 0.25) is 5.91 Å². The molecule has 1 saturated heterocycles. The first-order valence-corrected chi connectivity index (χ1v) is 7.89. The van der Waals surface area contributed by atoms with Gasteiger partial charge >= 0.3 is 6.18 Å². The van der Waals surface area contributed by atoms with Gasteiger partial charge in [-0.3, -0.25) is 10.1 Å². The summed E-state index contributed by atoms with van der Waals surface area (Å²) in [6, 6.07) is -0.821. The lowest BCUT2D eigenvalue weighted by atomic mass is 10.1. The predicted octanol–water partition coefficient (Wildman–Crippen LogP) is 1.43. The van der Waals surface area contributed by atoms with Gasteiger partial charge in [-0.15, -0.1) is 10.2 Å².